The van der Waals surface area contributed by atoms with Crippen LogP contribution in [0.15, 0.2) is 36.7 Å². The van der Waals surface area contributed by atoms with Crippen LogP contribution < -0.4 is 5.32 Å². The molecule has 1 fully saturated rings. The number of hydrogen-bond donors (Lipinski definition) is 1. The third-order valence-corrected chi connectivity index (χ3v) is 3.78. The van der Waals surface area contributed by atoms with E-state index in [1.807, 2.05) is 23.9 Å². The highest BCUT2D eigenvalue weighted by Gasteiger charge is 2.16. The van der Waals surface area contributed by atoms with Crippen molar-refractivity contribution in [2.75, 3.05) is 11.9 Å². The van der Waals surface area contributed by atoms with Gasteiger partial charge in [0.15, 0.2) is 0 Å². The Bertz CT molecular complexity index is 593. The third kappa shape index (κ3) is 3.61. The molecular formula is C16H20FN3O. The largest absolute Gasteiger partial charge is 0.376 e. The Hall–Kier alpha value is -1.88. The highest BCUT2D eigenvalue weighted by molar-refractivity contribution is 5.41. The second-order valence-electron chi connectivity index (χ2n) is 5.51. The van der Waals surface area contributed by atoms with Crippen LogP contribution in [0.4, 0.5) is 10.1 Å². The highest BCUT2D eigenvalue weighted by Crippen LogP contribution is 2.20. The second kappa shape index (κ2) is 6.26. The number of benzene rings is 1. The summed E-state index contributed by atoms with van der Waals surface area (Å²) in [5.41, 5.74) is 1.85. The Balaban J connectivity index is 1.61. The van der Waals surface area contributed by atoms with Crippen LogP contribution in [-0.4, -0.2) is 22.5 Å². The zero-order chi connectivity index (χ0) is 14.7. The number of aromatic nitrogens is 2. The van der Waals surface area contributed by atoms with Gasteiger partial charge in [0, 0.05) is 18.8 Å². The molecular weight excluding hydrogens is 269 g/mol. The molecule has 0 radical (unpaired) electrons. The Morgan fingerprint density at radius 1 is 1.52 bits per heavy atom. The van der Waals surface area contributed by atoms with Gasteiger partial charge in [0.2, 0.25) is 0 Å². The van der Waals surface area contributed by atoms with Crippen LogP contribution in [0.5, 0.6) is 0 Å². The van der Waals surface area contributed by atoms with Gasteiger partial charge in [-0.1, -0.05) is 12.1 Å². The molecule has 3 rings (SSSR count). The Morgan fingerprint density at radius 2 is 2.43 bits per heavy atom. The van der Waals surface area contributed by atoms with E-state index in [1.54, 1.807) is 18.3 Å². The maximum Gasteiger partial charge on any atom is 0.123 e. The average molecular weight is 289 g/mol. The number of rotatable bonds is 5. The van der Waals surface area contributed by atoms with Crippen molar-refractivity contribution >= 4 is 5.69 Å². The lowest BCUT2D eigenvalue weighted by molar-refractivity contribution is 0.0940. The van der Waals surface area contributed by atoms with Crippen LogP contribution in [0.25, 0.3) is 0 Å². The van der Waals surface area contributed by atoms with E-state index in [0.717, 1.165) is 37.2 Å². The number of halogens is 1. The van der Waals surface area contributed by atoms with E-state index in [-0.39, 0.29) is 18.0 Å². The van der Waals surface area contributed by atoms with Gasteiger partial charge in [0.1, 0.15) is 5.82 Å². The molecule has 5 heteroatoms. The summed E-state index contributed by atoms with van der Waals surface area (Å²) in [7, 11) is 0. The molecule has 4 nitrogen and oxygen atoms in total. The number of anilines is 1. The van der Waals surface area contributed by atoms with Crippen LogP contribution in [0.3, 0.4) is 0 Å². The molecule has 1 aromatic heterocycles. The molecule has 1 aliphatic rings. The lowest BCUT2D eigenvalue weighted by Gasteiger charge is -2.14. The van der Waals surface area contributed by atoms with E-state index in [4.69, 9.17) is 4.74 Å². The average Bonchev–Trinajstić information content (AvgIpc) is 3.11. The summed E-state index contributed by atoms with van der Waals surface area (Å²) in [5, 5.41) is 7.68. The SMILES string of the molecule is CC(Nc1cnn(CC2CCCO2)c1)c1cccc(F)c1. The summed E-state index contributed by atoms with van der Waals surface area (Å²) < 4.78 is 20.7. The first kappa shape index (κ1) is 14.1. The smallest absolute Gasteiger partial charge is 0.123 e. The van der Waals surface area contributed by atoms with Gasteiger partial charge in [-0.15, -0.1) is 0 Å². The van der Waals surface area contributed by atoms with Gasteiger partial charge < -0.3 is 10.1 Å². The third-order valence-electron chi connectivity index (χ3n) is 3.78. The summed E-state index contributed by atoms with van der Waals surface area (Å²) in [4.78, 5) is 0. The van der Waals surface area contributed by atoms with Gasteiger partial charge >= 0.3 is 0 Å². The van der Waals surface area contributed by atoms with Crippen molar-refractivity contribution in [2.24, 2.45) is 0 Å². The number of ether oxygens (including phenoxy) is 1. The van der Waals surface area contributed by atoms with Crippen LogP contribution in [-0.2, 0) is 11.3 Å². The quantitative estimate of drug-likeness (QED) is 0.917. The molecule has 1 N–H and O–H groups in total. The van der Waals surface area contributed by atoms with Crippen molar-refractivity contribution in [1.29, 1.82) is 0 Å². The number of nitrogens with zero attached hydrogens (tertiary/aromatic N) is 2. The van der Waals surface area contributed by atoms with Gasteiger partial charge in [-0.2, -0.15) is 5.10 Å². The van der Waals surface area contributed by atoms with Crippen LogP contribution in [0, 0.1) is 5.82 Å². The maximum atomic E-state index is 13.2. The van der Waals surface area contributed by atoms with Gasteiger partial charge in [-0.05, 0) is 37.5 Å². The predicted molar refractivity (Wildman–Crippen MR) is 79.6 cm³/mol. The zero-order valence-electron chi connectivity index (χ0n) is 12.1. The maximum absolute atomic E-state index is 13.2. The summed E-state index contributed by atoms with van der Waals surface area (Å²) in [6.45, 7) is 3.65. The first-order valence-electron chi connectivity index (χ1n) is 7.37. The Morgan fingerprint density at radius 3 is 3.19 bits per heavy atom. The van der Waals surface area contributed by atoms with Crippen molar-refractivity contribution < 1.29 is 9.13 Å². The normalized spacial score (nSPS) is 19.6. The number of nitrogens with one attached hydrogen (secondary N) is 1. The molecule has 0 bridgehead atoms. The molecule has 0 amide bonds. The molecule has 112 valence electrons. The summed E-state index contributed by atoms with van der Waals surface area (Å²) in [5.74, 6) is -0.213. The zero-order valence-corrected chi connectivity index (χ0v) is 12.1. The molecule has 1 aliphatic heterocycles. The molecule has 2 aromatic rings. The fraction of sp³-hybridized carbons (Fsp3) is 0.438. The van der Waals surface area contributed by atoms with Crippen molar-refractivity contribution in [3.8, 4) is 0 Å². The van der Waals surface area contributed by atoms with E-state index in [9.17, 15) is 4.39 Å². The summed E-state index contributed by atoms with van der Waals surface area (Å²) >= 11 is 0. The molecule has 2 heterocycles. The lowest BCUT2D eigenvalue weighted by atomic mass is 10.1. The van der Waals surface area contributed by atoms with E-state index >= 15 is 0 Å². The molecule has 21 heavy (non-hydrogen) atoms. The van der Waals surface area contributed by atoms with Crippen molar-refractivity contribution in [2.45, 2.75) is 38.5 Å². The highest BCUT2D eigenvalue weighted by atomic mass is 19.1. The Kier molecular flexibility index (Phi) is 4.20. The van der Waals surface area contributed by atoms with Crippen molar-refractivity contribution in [3.63, 3.8) is 0 Å². The van der Waals surface area contributed by atoms with E-state index in [1.165, 1.54) is 6.07 Å². The van der Waals surface area contributed by atoms with E-state index in [0.29, 0.717) is 0 Å². The van der Waals surface area contributed by atoms with Gasteiger partial charge in [0.25, 0.3) is 0 Å². The fourth-order valence-corrected chi connectivity index (χ4v) is 2.64. The van der Waals surface area contributed by atoms with Gasteiger partial charge in [-0.25, -0.2) is 4.39 Å². The predicted octanol–water partition coefficient (Wildman–Crippen LogP) is 3.37. The van der Waals surface area contributed by atoms with E-state index in [2.05, 4.69) is 10.4 Å². The molecule has 1 aromatic carbocycles. The van der Waals surface area contributed by atoms with E-state index < -0.39 is 0 Å². The van der Waals surface area contributed by atoms with Crippen molar-refractivity contribution in [1.82, 2.24) is 9.78 Å². The standard InChI is InChI=1S/C16H20FN3O/c1-12(13-4-2-5-14(17)8-13)19-15-9-18-20(10-15)11-16-6-3-7-21-16/h2,4-5,8-10,12,16,19H,3,6-7,11H2,1H3. The topological polar surface area (TPSA) is 39.1 Å². The second-order valence-corrected chi connectivity index (χ2v) is 5.51. The first-order chi connectivity index (χ1) is 10.2. The lowest BCUT2D eigenvalue weighted by Crippen LogP contribution is -2.15. The van der Waals surface area contributed by atoms with Crippen LogP contribution in [0.2, 0.25) is 0 Å². The minimum atomic E-state index is -0.213. The summed E-state index contributed by atoms with van der Waals surface area (Å²) in [6.07, 6.45) is 6.27. The van der Waals surface area contributed by atoms with Gasteiger partial charge in [0.05, 0.1) is 24.5 Å². The molecule has 0 spiro atoms. The minimum Gasteiger partial charge on any atom is -0.376 e. The Labute approximate surface area is 123 Å². The molecule has 1 saturated heterocycles. The first-order valence-corrected chi connectivity index (χ1v) is 7.37. The number of hydrogen-bond acceptors (Lipinski definition) is 3. The monoisotopic (exact) mass is 289 g/mol. The molecule has 0 aliphatic carbocycles. The fourth-order valence-electron chi connectivity index (χ4n) is 2.64. The molecule has 0 saturated carbocycles. The van der Waals surface area contributed by atoms with Crippen LogP contribution in [0.1, 0.15) is 31.4 Å². The minimum absolute atomic E-state index is 0.0288. The van der Waals surface area contributed by atoms with Crippen LogP contribution >= 0.6 is 0 Å². The molecule has 2 unspecified atom stereocenters. The van der Waals surface area contributed by atoms with Gasteiger partial charge in [-0.3, -0.25) is 4.68 Å². The molecule has 2 atom stereocenters. The summed E-state index contributed by atoms with van der Waals surface area (Å²) in [6, 6.07) is 6.67. The van der Waals surface area contributed by atoms with Crippen molar-refractivity contribution in [3.05, 3.63) is 48.0 Å².